The van der Waals surface area contributed by atoms with E-state index in [4.69, 9.17) is 5.73 Å². The summed E-state index contributed by atoms with van der Waals surface area (Å²) < 4.78 is 26.1. The maximum absolute atomic E-state index is 13.0. The molecular weight excluding hydrogens is 184 g/mol. The van der Waals surface area contributed by atoms with Gasteiger partial charge < -0.3 is 5.73 Å². The first-order valence-electron chi connectivity index (χ1n) is 4.58. The summed E-state index contributed by atoms with van der Waals surface area (Å²) in [6.07, 6.45) is -0.267. The molecule has 0 saturated heterocycles. The first kappa shape index (κ1) is 11.1. The summed E-state index contributed by atoms with van der Waals surface area (Å²) in [6.45, 7) is 3.13. The van der Waals surface area contributed by atoms with Gasteiger partial charge >= 0.3 is 0 Å². The molecule has 0 aliphatic rings. The summed E-state index contributed by atoms with van der Waals surface area (Å²) in [6, 6.07) is 5.57. The van der Waals surface area contributed by atoms with Crippen molar-refractivity contribution in [2.24, 2.45) is 5.73 Å². The molecule has 14 heavy (non-hydrogen) atoms. The van der Waals surface area contributed by atoms with Gasteiger partial charge in [0.05, 0.1) is 6.54 Å². The molecule has 0 amide bonds. The fraction of sp³-hybridized carbons (Fsp3) is 0.455. The maximum atomic E-state index is 13.0. The average Bonchev–Trinajstić information content (AvgIpc) is 2.11. The summed E-state index contributed by atoms with van der Waals surface area (Å²) in [5.74, 6) is -2.79. The van der Waals surface area contributed by atoms with Gasteiger partial charge in [-0.1, -0.05) is 23.8 Å². The zero-order valence-corrected chi connectivity index (χ0v) is 8.48. The van der Waals surface area contributed by atoms with Crippen LogP contribution in [0.5, 0.6) is 0 Å². The van der Waals surface area contributed by atoms with E-state index in [0.717, 1.165) is 11.1 Å². The van der Waals surface area contributed by atoms with Gasteiger partial charge in [-0.2, -0.15) is 0 Å². The second kappa shape index (κ2) is 4.05. The van der Waals surface area contributed by atoms with Crippen LogP contribution in [0.4, 0.5) is 8.78 Å². The molecule has 0 aliphatic carbocycles. The van der Waals surface area contributed by atoms with Crippen molar-refractivity contribution in [2.75, 3.05) is 6.54 Å². The minimum Gasteiger partial charge on any atom is -0.325 e. The molecule has 0 bridgehead atoms. The van der Waals surface area contributed by atoms with Gasteiger partial charge in [0.25, 0.3) is 5.92 Å². The number of aryl methyl sites for hydroxylation is 2. The van der Waals surface area contributed by atoms with Crippen LogP contribution in [0.1, 0.15) is 16.7 Å². The van der Waals surface area contributed by atoms with Crippen LogP contribution < -0.4 is 5.73 Å². The molecule has 0 unspecified atom stereocenters. The number of benzene rings is 1. The molecule has 0 radical (unpaired) electrons. The van der Waals surface area contributed by atoms with Crippen molar-refractivity contribution in [3.63, 3.8) is 0 Å². The summed E-state index contributed by atoms with van der Waals surface area (Å²) in [7, 11) is 0. The highest BCUT2D eigenvalue weighted by atomic mass is 19.3. The van der Waals surface area contributed by atoms with Gasteiger partial charge in [0.15, 0.2) is 0 Å². The van der Waals surface area contributed by atoms with Gasteiger partial charge in [0.2, 0.25) is 0 Å². The lowest BCUT2D eigenvalue weighted by Crippen LogP contribution is -2.30. The quantitative estimate of drug-likeness (QED) is 0.795. The molecular formula is C11H15F2N. The third-order valence-corrected chi connectivity index (χ3v) is 2.25. The van der Waals surface area contributed by atoms with E-state index < -0.39 is 12.5 Å². The molecule has 0 fully saturated rings. The molecule has 0 saturated carbocycles. The van der Waals surface area contributed by atoms with Gasteiger partial charge in [-0.25, -0.2) is 8.78 Å². The van der Waals surface area contributed by atoms with Crippen LogP contribution in [0, 0.1) is 13.8 Å². The predicted molar refractivity (Wildman–Crippen MR) is 53.6 cm³/mol. The average molecular weight is 199 g/mol. The van der Waals surface area contributed by atoms with E-state index in [-0.39, 0.29) is 6.42 Å². The largest absolute Gasteiger partial charge is 0.325 e. The summed E-state index contributed by atoms with van der Waals surface area (Å²) in [5, 5.41) is 0. The minimum absolute atomic E-state index is 0.267. The van der Waals surface area contributed by atoms with Crippen LogP contribution in [0.15, 0.2) is 18.2 Å². The third-order valence-electron chi connectivity index (χ3n) is 2.25. The fourth-order valence-electron chi connectivity index (χ4n) is 1.34. The molecule has 0 aromatic heterocycles. The second-order valence-electron chi connectivity index (χ2n) is 3.67. The standard InChI is InChI=1S/C11H15F2N/c1-8-3-4-9(2)10(5-8)6-11(12,13)7-14/h3-5H,6-7,14H2,1-2H3. The molecule has 0 aliphatic heterocycles. The van der Waals surface area contributed by atoms with Crippen LogP contribution in [-0.2, 0) is 6.42 Å². The molecule has 2 N–H and O–H groups in total. The summed E-state index contributed by atoms with van der Waals surface area (Å²) in [5.41, 5.74) is 7.56. The number of hydrogen-bond acceptors (Lipinski definition) is 1. The number of hydrogen-bond donors (Lipinski definition) is 1. The smallest absolute Gasteiger partial charge is 0.264 e. The normalized spacial score (nSPS) is 11.8. The molecule has 0 heterocycles. The van der Waals surface area contributed by atoms with Gasteiger partial charge in [0, 0.05) is 6.42 Å². The number of rotatable bonds is 3. The first-order chi connectivity index (χ1) is 6.44. The van der Waals surface area contributed by atoms with E-state index in [1.807, 2.05) is 26.0 Å². The van der Waals surface area contributed by atoms with Gasteiger partial charge in [0.1, 0.15) is 0 Å². The molecule has 78 valence electrons. The first-order valence-corrected chi connectivity index (χ1v) is 4.58. The van der Waals surface area contributed by atoms with Crippen molar-refractivity contribution in [3.8, 4) is 0 Å². The van der Waals surface area contributed by atoms with Crippen molar-refractivity contribution < 1.29 is 8.78 Å². The zero-order chi connectivity index (χ0) is 10.8. The number of alkyl halides is 2. The van der Waals surface area contributed by atoms with Crippen LogP contribution in [0.2, 0.25) is 0 Å². The Morgan fingerprint density at radius 1 is 1.29 bits per heavy atom. The van der Waals surface area contributed by atoms with Crippen LogP contribution in [0.25, 0.3) is 0 Å². The molecule has 0 atom stereocenters. The highest BCUT2D eigenvalue weighted by Crippen LogP contribution is 2.21. The van der Waals surface area contributed by atoms with Gasteiger partial charge in [-0.15, -0.1) is 0 Å². The van der Waals surface area contributed by atoms with Crippen molar-refractivity contribution in [1.82, 2.24) is 0 Å². The molecule has 1 nitrogen and oxygen atoms in total. The van der Waals surface area contributed by atoms with E-state index >= 15 is 0 Å². The third kappa shape index (κ3) is 2.77. The van der Waals surface area contributed by atoms with E-state index in [9.17, 15) is 8.78 Å². The number of halogens is 2. The maximum Gasteiger partial charge on any atom is 0.264 e. The second-order valence-corrected chi connectivity index (χ2v) is 3.67. The Balaban J connectivity index is 2.91. The Morgan fingerprint density at radius 3 is 2.50 bits per heavy atom. The number of nitrogens with two attached hydrogens (primary N) is 1. The monoisotopic (exact) mass is 199 g/mol. The topological polar surface area (TPSA) is 26.0 Å². The van der Waals surface area contributed by atoms with E-state index in [1.54, 1.807) is 6.07 Å². The lowest BCUT2D eigenvalue weighted by atomic mass is 10.00. The highest BCUT2D eigenvalue weighted by molar-refractivity contribution is 5.31. The Kier molecular flexibility index (Phi) is 3.21. The van der Waals surface area contributed by atoms with Crippen molar-refractivity contribution in [3.05, 3.63) is 34.9 Å². The van der Waals surface area contributed by atoms with E-state index in [1.165, 1.54) is 0 Å². The predicted octanol–water partition coefficient (Wildman–Crippen LogP) is 2.44. The van der Waals surface area contributed by atoms with Crippen molar-refractivity contribution in [1.29, 1.82) is 0 Å². The summed E-state index contributed by atoms with van der Waals surface area (Å²) >= 11 is 0. The Labute approximate surface area is 82.9 Å². The zero-order valence-electron chi connectivity index (χ0n) is 8.48. The van der Waals surface area contributed by atoms with E-state index in [2.05, 4.69) is 0 Å². The Morgan fingerprint density at radius 2 is 1.93 bits per heavy atom. The van der Waals surface area contributed by atoms with Gasteiger partial charge in [-0.3, -0.25) is 0 Å². The Hall–Kier alpha value is -0.960. The highest BCUT2D eigenvalue weighted by Gasteiger charge is 2.27. The molecule has 1 aromatic rings. The fourth-order valence-corrected chi connectivity index (χ4v) is 1.34. The van der Waals surface area contributed by atoms with Gasteiger partial charge in [-0.05, 0) is 25.0 Å². The lowest BCUT2D eigenvalue weighted by Gasteiger charge is -2.15. The SMILES string of the molecule is Cc1ccc(C)c(CC(F)(F)CN)c1. The lowest BCUT2D eigenvalue weighted by molar-refractivity contribution is 0.0113. The molecule has 1 rings (SSSR count). The molecule has 3 heteroatoms. The minimum atomic E-state index is -2.79. The Bertz CT molecular complexity index is 321. The van der Waals surface area contributed by atoms with Crippen LogP contribution >= 0.6 is 0 Å². The van der Waals surface area contributed by atoms with Crippen LogP contribution in [-0.4, -0.2) is 12.5 Å². The molecule has 0 spiro atoms. The summed E-state index contributed by atoms with van der Waals surface area (Å²) in [4.78, 5) is 0. The van der Waals surface area contributed by atoms with Crippen LogP contribution in [0.3, 0.4) is 0 Å². The van der Waals surface area contributed by atoms with E-state index in [0.29, 0.717) is 5.56 Å². The molecule has 1 aromatic carbocycles. The van der Waals surface area contributed by atoms with Crippen molar-refractivity contribution in [2.45, 2.75) is 26.2 Å². The van der Waals surface area contributed by atoms with Crippen molar-refractivity contribution >= 4 is 0 Å².